The summed E-state index contributed by atoms with van der Waals surface area (Å²) in [5, 5.41) is 12.3. The van der Waals surface area contributed by atoms with E-state index >= 15 is 0 Å². The van der Waals surface area contributed by atoms with Crippen LogP contribution in [0.2, 0.25) is 5.02 Å². The highest BCUT2D eigenvalue weighted by Gasteiger charge is 2.59. The molecule has 1 saturated heterocycles. The fourth-order valence-corrected chi connectivity index (χ4v) is 4.67. The van der Waals surface area contributed by atoms with Gasteiger partial charge in [-0.3, -0.25) is 9.59 Å². The summed E-state index contributed by atoms with van der Waals surface area (Å²) in [4.78, 5) is 30.1. The molecular formula is C18H17ClN2O3S. The third kappa shape index (κ3) is 3.04. The molecule has 1 atom stereocenters. The Hall–Kier alpha value is -1.92. The van der Waals surface area contributed by atoms with E-state index in [1.807, 2.05) is 18.2 Å². The van der Waals surface area contributed by atoms with Gasteiger partial charge in [0.15, 0.2) is 0 Å². The van der Waals surface area contributed by atoms with Crippen LogP contribution >= 0.6 is 22.9 Å². The molecule has 1 saturated carbocycles. The third-order valence-electron chi connectivity index (χ3n) is 5.33. The van der Waals surface area contributed by atoms with Crippen LogP contribution in [0.4, 0.5) is 0 Å². The predicted molar refractivity (Wildman–Crippen MR) is 95.9 cm³/mol. The van der Waals surface area contributed by atoms with Gasteiger partial charge in [-0.05, 0) is 36.8 Å². The van der Waals surface area contributed by atoms with E-state index in [2.05, 4.69) is 4.98 Å². The second kappa shape index (κ2) is 6.11. The van der Waals surface area contributed by atoms with E-state index in [1.54, 1.807) is 16.3 Å². The Labute approximate surface area is 154 Å². The average molecular weight is 377 g/mol. The summed E-state index contributed by atoms with van der Waals surface area (Å²) in [6.45, 7) is 1.21. The molecule has 1 aliphatic heterocycles. The van der Waals surface area contributed by atoms with E-state index < -0.39 is 5.97 Å². The van der Waals surface area contributed by atoms with Crippen molar-refractivity contribution in [2.24, 2.45) is 11.3 Å². The zero-order valence-electron chi connectivity index (χ0n) is 13.4. The van der Waals surface area contributed by atoms with E-state index in [0.717, 1.165) is 29.8 Å². The second-order valence-corrected chi connectivity index (χ2v) is 8.09. The van der Waals surface area contributed by atoms with Gasteiger partial charge in [-0.1, -0.05) is 23.7 Å². The number of likely N-dealkylation sites (tertiary alicyclic amines) is 1. The zero-order chi connectivity index (χ0) is 17.6. The number of rotatable bonds is 3. The van der Waals surface area contributed by atoms with Gasteiger partial charge < -0.3 is 10.0 Å². The summed E-state index contributed by atoms with van der Waals surface area (Å²) in [5.74, 6) is -1.00. The van der Waals surface area contributed by atoms with Crippen LogP contribution in [0, 0.1) is 11.3 Å². The van der Waals surface area contributed by atoms with Crippen LogP contribution in [0.25, 0.3) is 10.6 Å². The Kier molecular flexibility index (Phi) is 4.04. The smallest absolute Gasteiger partial charge is 0.307 e. The van der Waals surface area contributed by atoms with Crippen LogP contribution < -0.4 is 0 Å². The number of benzene rings is 1. The first-order valence-corrected chi connectivity index (χ1v) is 9.48. The Bertz CT molecular complexity index is 842. The van der Waals surface area contributed by atoms with Gasteiger partial charge in [0.25, 0.3) is 5.91 Å². The molecule has 1 unspecified atom stereocenters. The van der Waals surface area contributed by atoms with Gasteiger partial charge in [0.1, 0.15) is 10.7 Å². The molecule has 1 amide bonds. The summed E-state index contributed by atoms with van der Waals surface area (Å²) >= 11 is 7.44. The van der Waals surface area contributed by atoms with E-state index in [0.29, 0.717) is 23.8 Å². The molecular weight excluding hydrogens is 360 g/mol. The van der Waals surface area contributed by atoms with Gasteiger partial charge in [0.2, 0.25) is 0 Å². The monoisotopic (exact) mass is 376 g/mol. The lowest BCUT2D eigenvalue weighted by Gasteiger charge is -2.32. The first-order valence-electron chi connectivity index (χ1n) is 8.22. The predicted octanol–water partition coefficient (Wildman–Crippen LogP) is 3.79. The van der Waals surface area contributed by atoms with Crippen molar-refractivity contribution in [1.82, 2.24) is 9.88 Å². The number of piperidine rings is 1. The SMILES string of the molecule is O=C(O)C1CC12CCN(C(=O)c1csc(-c3cccc(Cl)c3)n1)CC2. The first kappa shape index (κ1) is 16.5. The van der Waals surface area contributed by atoms with Gasteiger partial charge >= 0.3 is 5.97 Å². The third-order valence-corrected chi connectivity index (χ3v) is 6.46. The maximum Gasteiger partial charge on any atom is 0.307 e. The lowest BCUT2D eigenvalue weighted by atomic mass is 9.90. The quantitative estimate of drug-likeness (QED) is 0.884. The van der Waals surface area contributed by atoms with E-state index in [1.165, 1.54) is 11.3 Å². The fourth-order valence-electron chi connectivity index (χ4n) is 3.69. The number of thiazole rings is 1. The number of hydrogen-bond acceptors (Lipinski definition) is 4. The zero-order valence-corrected chi connectivity index (χ0v) is 15.0. The van der Waals surface area contributed by atoms with Crippen molar-refractivity contribution < 1.29 is 14.7 Å². The number of amides is 1. The lowest BCUT2D eigenvalue weighted by molar-refractivity contribution is -0.139. The normalized spacial score (nSPS) is 21.3. The van der Waals surface area contributed by atoms with Crippen LogP contribution in [0.1, 0.15) is 29.8 Å². The molecule has 1 aromatic heterocycles. The van der Waals surface area contributed by atoms with Crippen molar-refractivity contribution >= 4 is 34.8 Å². The molecule has 2 aliphatic rings. The molecule has 0 radical (unpaired) electrons. The number of nitrogens with zero attached hydrogens (tertiary/aromatic N) is 2. The average Bonchev–Trinajstić information content (AvgIpc) is 3.08. The van der Waals surface area contributed by atoms with Crippen LogP contribution in [0.5, 0.6) is 0 Å². The Morgan fingerprint density at radius 2 is 2.08 bits per heavy atom. The van der Waals surface area contributed by atoms with Crippen molar-refractivity contribution in [2.45, 2.75) is 19.3 Å². The molecule has 1 aliphatic carbocycles. The van der Waals surface area contributed by atoms with Crippen molar-refractivity contribution in [1.29, 1.82) is 0 Å². The van der Waals surface area contributed by atoms with Gasteiger partial charge in [-0.25, -0.2) is 4.98 Å². The van der Waals surface area contributed by atoms with Gasteiger partial charge in [0, 0.05) is 29.1 Å². The molecule has 1 N–H and O–H groups in total. The minimum atomic E-state index is -0.703. The highest BCUT2D eigenvalue weighted by molar-refractivity contribution is 7.13. The molecule has 130 valence electrons. The Morgan fingerprint density at radius 1 is 1.32 bits per heavy atom. The second-order valence-electron chi connectivity index (χ2n) is 6.80. The summed E-state index contributed by atoms with van der Waals surface area (Å²) in [5.41, 5.74) is 1.27. The van der Waals surface area contributed by atoms with Crippen molar-refractivity contribution in [2.75, 3.05) is 13.1 Å². The minimum absolute atomic E-state index is 0.0728. The fraction of sp³-hybridized carbons (Fsp3) is 0.389. The standard InChI is InChI=1S/C18H17ClN2O3S/c19-12-3-1-2-11(8-12)15-20-14(10-25-15)16(22)21-6-4-18(5-7-21)9-13(18)17(23)24/h1-3,8,10,13H,4-7,9H2,(H,23,24). The molecule has 5 nitrogen and oxygen atoms in total. The summed E-state index contributed by atoms with van der Waals surface area (Å²) in [6.07, 6.45) is 2.28. The van der Waals surface area contributed by atoms with Crippen LogP contribution in [-0.2, 0) is 4.79 Å². The number of hydrogen-bond donors (Lipinski definition) is 1. The molecule has 2 fully saturated rings. The number of carbonyl (C=O) groups excluding carboxylic acids is 1. The van der Waals surface area contributed by atoms with Gasteiger partial charge in [-0.15, -0.1) is 11.3 Å². The molecule has 0 bridgehead atoms. The van der Waals surface area contributed by atoms with E-state index in [-0.39, 0.29) is 17.2 Å². The van der Waals surface area contributed by atoms with Crippen molar-refractivity contribution in [3.63, 3.8) is 0 Å². The molecule has 4 rings (SSSR count). The Balaban J connectivity index is 1.44. The number of carbonyl (C=O) groups is 2. The highest BCUT2D eigenvalue weighted by atomic mass is 35.5. The molecule has 1 spiro atoms. The van der Waals surface area contributed by atoms with Gasteiger partial charge in [-0.2, -0.15) is 0 Å². The summed E-state index contributed by atoms with van der Waals surface area (Å²) in [6, 6.07) is 7.41. The largest absolute Gasteiger partial charge is 0.481 e. The van der Waals surface area contributed by atoms with Gasteiger partial charge in [0.05, 0.1) is 5.92 Å². The van der Waals surface area contributed by atoms with Crippen LogP contribution in [0.3, 0.4) is 0 Å². The molecule has 25 heavy (non-hydrogen) atoms. The van der Waals surface area contributed by atoms with Crippen molar-refractivity contribution in [3.8, 4) is 10.6 Å². The van der Waals surface area contributed by atoms with E-state index in [4.69, 9.17) is 16.7 Å². The molecule has 2 aromatic rings. The molecule has 7 heteroatoms. The molecule has 2 heterocycles. The number of aromatic nitrogens is 1. The first-order chi connectivity index (χ1) is 12.0. The minimum Gasteiger partial charge on any atom is -0.481 e. The number of aliphatic carboxylic acids is 1. The maximum atomic E-state index is 12.7. The number of carboxylic acid groups (broad SMARTS) is 1. The number of carboxylic acids is 1. The Morgan fingerprint density at radius 3 is 2.72 bits per heavy atom. The number of halogens is 1. The van der Waals surface area contributed by atoms with Crippen LogP contribution in [0.15, 0.2) is 29.6 Å². The highest BCUT2D eigenvalue weighted by Crippen LogP contribution is 2.59. The molecule has 1 aromatic carbocycles. The van der Waals surface area contributed by atoms with Crippen LogP contribution in [-0.4, -0.2) is 40.0 Å². The van der Waals surface area contributed by atoms with Crippen molar-refractivity contribution in [3.05, 3.63) is 40.4 Å². The van der Waals surface area contributed by atoms with E-state index in [9.17, 15) is 9.59 Å². The summed E-state index contributed by atoms with van der Waals surface area (Å²) < 4.78 is 0. The maximum absolute atomic E-state index is 12.7. The summed E-state index contributed by atoms with van der Waals surface area (Å²) in [7, 11) is 0. The topological polar surface area (TPSA) is 70.5 Å². The lowest BCUT2D eigenvalue weighted by Crippen LogP contribution is -2.40.